The summed E-state index contributed by atoms with van der Waals surface area (Å²) in [6.45, 7) is 5.54. The van der Waals surface area contributed by atoms with Gasteiger partial charge >= 0.3 is 0 Å². The van der Waals surface area contributed by atoms with Crippen molar-refractivity contribution >= 4 is 17.0 Å². The van der Waals surface area contributed by atoms with Crippen LogP contribution in [0, 0.1) is 6.92 Å². The Morgan fingerprint density at radius 1 is 1.36 bits per heavy atom. The molecule has 1 saturated heterocycles. The highest BCUT2D eigenvalue weighted by Gasteiger charge is 2.25. The van der Waals surface area contributed by atoms with Crippen LogP contribution in [0.2, 0.25) is 0 Å². The summed E-state index contributed by atoms with van der Waals surface area (Å²) in [5.74, 6) is 2.17. The Morgan fingerprint density at radius 3 is 2.96 bits per heavy atom. The van der Waals surface area contributed by atoms with Gasteiger partial charge in [0.15, 0.2) is 5.65 Å². The van der Waals surface area contributed by atoms with Crippen molar-refractivity contribution in [3.8, 4) is 0 Å². The normalized spacial score (nSPS) is 17.0. The fourth-order valence-corrected chi connectivity index (χ4v) is 3.05. The molecular weight excluding hydrogens is 324 g/mol. The second-order valence-electron chi connectivity index (χ2n) is 6.04. The van der Waals surface area contributed by atoms with E-state index in [1.807, 2.05) is 19.1 Å². The molecule has 0 aliphatic carbocycles. The second-order valence-corrected chi connectivity index (χ2v) is 6.04. The quantitative estimate of drug-likeness (QED) is 0.634. The number of aryl methyl sites for hydroxylation is 1. The van der Waals surface area contributed by atoms with Gasteiger partial charge in [-0.3, -0.25) is 19.8 Å². The first-order valence-corrected chi connectivity index (χ1v) is 8.26. The van der Waals surface area contributed by atoms with Crippen molar-refractivity contribution in [2.75, 3.05) is 38.2 Å². The molecule has 1 unspecified atom stereocenters. The van der Waals surface area contributed by atoms with E-state index in [-0.39, 0.29) is 11.6 Å². The highest BCUT2D eigenvalue weighted by molar-refractivity contribution is 5.73. The van der Waals surface area contributed by atoms with Crippen molar-refractivity contribution in [3.05, 3.63) is 40.2 Å². The third-order valence-corrected chi connectivity index (χ3v) is 4.36. The first kappa shape index (κ1) is 15.9. The molecule has 3 N–H and O–H groups in total. The van der Waals surface area contributed by atoms with Crippen LogP contribution < -0.4 is 10.9 Å². The van der Waals surface area contributed by atoms with Crippen LogP contribution in [0.25, 0.3) is 11.0 Å². The summed E-state index contributed by atoms with van der Waals surface area (Å²) < 4.78 is 11.3. The van der Waals surface area contributed by atoms with Crippen LogP contribution in [0.3, 0.4) is 0 Å². The molecule has 0 spiro atoms. The molecule has 4 rings (SSSR count). The highest BCUT2D eigenvalue weighted by atomic mass is 16.5. The Bertz CT molecular complexity index is 908. The van der Waals surface area contributed by atoms with E-state index in [0.29, 0.717) is 36.7 Å². The van der Waals surface area contributed by atoms with E-state index < -0.39 is 0 Å². The van der Waals surface area contributed by atoms with Gasteiger partial charge in [0, 0.05) is 19.6 Å². The number of H-pyrrole nitrogens is 2. The van der Waals surface area contributed by atoms with Gasteiger partial charge in [0.2, 0.25) is 5.95 Å². The summed E-state index contributed by atoms with van der Waals surface area (Å²) in [6, 6.07) is 3.98. The Labute approximate surface area is 143 Å². The highest BCUT2D eigenvalue weighted by Crippen LogP contribution is 2.24. The van der Waals surface area contributed by atoms with Gasteiger partial charge in [-0.15, -0.1) is 0 Å². The molecule has 4 heterocycles. The molecular formula is C16H20N6O3. The second kappa shape index (κ2) is 6.69. The number of aromatic nitrogens is 4. The molecule has 0 saturated carbocycles. The minimum Gasteiger partial charge on any atom is -0.465 e. The van der Waals surface area contributed by atoms with Gasteiger partial charge < -0.3 is 14.5 Å². The maximum absolute atomic E-state index is 12.0. The molecule has 9 heteroatoms. The summed E-state index contributed by atoms with van der Waals surface area (Å²) in [6.07, 6.45) is 1.47. The average molecular weight is 344 g/mol. The van der Waals surface area contributed by atoms with Crippen molar-refractivity contribution in [2.45, 2.75) is 13.0 Å². The molecule has 132 valence electrons. The van der Waals surface area contributed by atoms with Crippen molar-refractivity contribution in [3.63, 3.8) is 0 Å². The Kier molecular flexibility index (Phi) is 4.24. The van der Waals surface area contributed by atoms with Crippen molar-refractivity contribution in [2.24, 2.45) is 0 Å². The molecule has 0 aromatic carbocycles. The summed E-state index contributed by atoms with van der Waals surface area (Å²) in [7, 11) is 0. The predicted octanol–water partition coefficient (Wildman–Crippen LogP) is 1.03. The number of aromatic amines is 2. The number of anilines is 1. The van der Waals surface area contributed by atoms with E-state index in [4.69, 9.17) is 9.15 Å². The predicted molar refractivity (Wildman–Crippen MR) is 91.6 cm³/mol. The Hall–Kier alpha value is -2.65. The maximum atomic E-state index is 12.0. The number of hydrogen-bond acceptors (Lipinski definition) is 7. The minimum atomic E-state index is -0.224. The Morgan fingerprint density at radius 2 is 2.20 bits per heavy atom. The lowest BCUT2D eigenvalue weighted by Crippen LogP contribution is -2.41. The minimum absolute atomic E-state index is 0.0281. The Balaban J connectivity index is 1.56. The number of nitrogens with zero attached hydrogens (tertiary/aromatic N) is 3. The lowest BCUT2D eigenvalue weighted by molar-refractivity contribution is 0.0143. The van der Waals surface area contributed by atoms with Gasteiger partial charge in [-0.25, -0.2) is 0 Å². The van der Waals surface area contributed by atoms with Crippen LogP contribution in [0.15, 0.2) is 27.5 Å². The standard InChI is InChI=1S/C16H20N6O3/c1-10-2-3-13(25-10)12(22-4-6-24-7-5-22)9-17-16-19-14-11(8-18-21-14)15(23)20-16/h2-3,8,12H,4-7,9H2,1H3,(H3,17,18,19,20,21,23). The van der Waals surface area contributed by atoms with Gasteiger partial charge in [0.05, 0.1) is 25.5 Å². The maximum Gasteiger partial charge on any atom is 0.263 e. The molecule has 25 heavy (non-hydrogen) atoms. The monoisotopic (exact) mass is 344 g/mol. The topological polar surface area (TPSA) is 112 Å². The number of furan rings is 1. The van der Waals surface area contributed by atoms with Gasteiger partial charge in [-0.05, 0) is 19.1 Å². The summed E-state index contributed by atoms with van der Waals surface area (Å²) >= 11 is 0. The van der Waals surface area contributed by atoms with Crippen LogP contribution >= 0.6 is 0 Å². The molecule has 3 aromatic heterocycles. The summed E-state index contributed by atoms with van der Waals surface area (Å²) in [5.41, 5.74) is 0.237. The van der Waals surface area contributed by atoms with E-state index in [1.165, 1.54) is 6.20 Å². The number of hydrogen-bond donors (Lipinski definition) is 3. The van der Waals surface area contributed by atoms with Crippen molar-refractivity contribution < 1.29 is 9.15 Å². The summed E-state index contributed by atoms with van der Waals surface area (Å²) in [4.78, 5) is 21.4. The molecule has 0 amide bonds. The van der Waals surface area contributed by atoms with E-state index in [0.717, 1.165) is 24.6 Å². The van der Waals surface area contributed by atoms with Crippen LogP contribution in [0.1, 0.15) is 17.6 Å². The number of rotatable bonds is 5. The van der Waals surface area contributed by atoms with Crippen LogP contribution in [0.4, 0.5) is 5.95 Å². The smallest absolute Gasteiger partial charge is 0.263 e. The van der Waals surface area contributed by atoms with Gasteiger partial charge in [-0.2, -0.15) is 10.1 Å². The summed E-state index contributed by atoms with van der Waals surface area (Å²) in [5, 5.41) is 10.2. The van der Waals surface area contributed by atoms with E-state index >= 15 is 0 Å². The van der Waals surface area contributed by atoms with E-state index in [2.05, 4.69) is 30.4 Å². The first-order valence-electron chi connectivity index (χ1n) is 8.26. The zero-order valence-corrected chi connectivity index (χ0v) is 13.9. The molecule has 0 bridgehead atoms. The molecule has 1 aliphatic heterocycles. The first-order chi connectivity index (χ1) is 12.2. The molecule has 3 aromatic rings. The van der Waals surface area contributed by atoms with Gasteiger partial charge in [0.1, 0.15) is 16.9 Å². The van der Waals surface area contributed by atoms with Crippen molar-refractivity contribution in [1.29, 1.82) is 0 Å². The van der Waals surface area contributed by atoms with E-state index in [9.17, 15) is 4.79 Å². The van der Waals surface area contributed by atoms with Crippen LogP contribution in [0.5, 0.6) is 0 Å². The zero-order valence-electron chi connectivity index (χ0n) is 13.9. The van der Waals surface area contributed by atoms with Gasteiger partial charge in [0.25, 0.3) is 5.56 Å². The molecule has 1 atom stereocenters. The molecule has 0 radical (unpaired) electrons. The third kappa shape index (κ3) is 3.28. The number of morpholine rings is 1. The lowest BCUT2D eigenvalue weighted by atomic mass is 10.1. The number of ether oxygens (including phenoxy) is 1. The van der Waals surface area contributed by atoms with E-state index in [1.54, 1.807) is 0 Å². The van der Waals surface area contributed by atoms with Crippen molar-refractivity contribution in [1.82, 2.24) is 25.1 Å². The number of fused-ring (bicyclic) bond motifs is 1. The average Bonchev–Trinajstić information content (AvgIpc) is 3.25. The molecule has 1 fully saturated rings. The zero-order chi connectivity index (χ0) is 17.2. The third-order valence-electron chi connectivity index (χ3n) is 4.36. The van der Waals surface area contributed by atoms with Crippen LogP contribution in [-0.4, -0.2) is 57.9 Å². The van der Waals surface area contributed by atoms with Gasteiger partial charge in [-0.1, -0.05) is 0 Å². The van der Waals surface area contributed by atoms with Crippen LogP contribution in [-0.2, 0) is 4.74 Å². The number of nitrogens with one attached hydrogen (secondary N) is 3. The lowest BCUT2D eigenvalue weighted by Gasteiger charge is -2.33. The molecule has 9 nitrogen and oxygen atoms in total. The largest absolute Gasteiger partial charge is 0.465 e. The fourth-order valence-electron chi connectivity index (χ4n) is 3.05. The SMILES string of the molecule is Cc1ccc(C(CNc2nc3[nH]ncc3c(=O)[nH]2)N2CCOCC2)o1. The molecule has 1 aliphatic rings. The fraction of sp³-hybridized carbons (Fsp3) is 0.438.